The molecular formula is C16H17NO4. The second-order valence-corrected chi connectivity index (χ2v) is 5.61. The minimum atomic E-state index is -0.651. The fraction of sp³-hybridized carbons (Fsp3) is 0.250. The van der Waals surface area contributed by atoms with E-state index in [9.17, 15) is 9.59 Å². The molecule has 5 heteroatoms. The molecule has 0 aliphatic carbocycles. The molecule has 2 aromatic rings. The summed E-state index contributed by atoms with van der Waals surface area (Å²) in [5.41, 5.74) is 0.113. The summed E-state index contributed by atoms with van der Waals surface area (Å²) >= 11 is 0. The van der Waals surface area contributed by atoms with Gasteiger partial charge >= 0.3 is 11.9 Å². The topological polar surface area (TPSA) is 78.6 Å². The van der Waals surface area contributed by atoms with E-state index in [4.69, 9.17) is 10.6 Å². The Morgan fingerprint density at radius 1 is 0.905 bits per heavy atom. The second-order valence-electron chi connectivity index (χ2n) is 5.61. The predicted molar refractivity (Wildman–Crippen MR) is 78.7 cm³/mol. The maximum Gasteiger partial charge on any atom is 0.357 e. The molecule has 0 aromatic heterocycles. The number of nitrogens with two attached hydrogens (primary N) is 1. The highest BCUT2D eigenvalue weighted by molar-refractivity contribution is 6.11. The maximum absolute atomic E-state index is 12.3. The Hall–Kier alpha value is -2.40. The summed E-state index contributed by atoms with van der Waals surface area (Å²) in [6, 6.07) is 10.1. The van der Waals surface area contributed by atoms with Crippen LogP contribution in [0.2, 0.25) is 0 Å². The Morgan fingerprint density at radius 2 is 1.38 bits per heavy atom. The molecule has 2 N–H and O–H groups in total. The third kappa shape index (κ3) is 3.20. The van der Waals surface area contributed by atoms with E-state index >= 15 is 0 Å². The zero-order valence-corrected chi connectivity index (χ0v) is 12.2. The van der Waals surface area contributed by atoms with Crippen molar-refractivity contribution in [2.45, 2.75) is 26.4 Å². The molecule has 2 aromatic carbocycles. The number of benzene rings is 2. The fourth-order valence-corrected chi connectivity index (χ4v) is 2.05. The third-order valence-corrected chi connectivity index (χ3v) is 2.87. The van der Waals surface area contributed by atoms with Crippen LogP contribution >= 0.6 is 0 Å². The molecule has 0 heterocycles. The molecule has 0 aliphatic rings. The lowest BCUT2D eigenvalue weighted by Crippen LogP contribution is -2.24. The van der Waals surface area contributed by atoms with Gasteiger partial charge in [0.2, 0.25) is 0 Å². The van der Waals surface area contributed by atoms with Crippen molar-refractivity contribution in [3.05, 3.63) is 47.5 Å². The Balaban J connectivity index is 2.58. The summed E-state index contributed by atoms with van der Waals surface area (Å²) in [5, 5.41) is 1.21. The summed E-state index contributed by atoms with van der Waals surface area (Å²) < 4.78 is 5.38. The molecule has 0 saturated heterocycles. The molecule has 0 atom stereocenters. The summed E-state index contributed by atoms with van der Waals surface area (Å²) in [4.78, 5) is 28.2. The number of esters is 1. The molecular weight excluding hydrogens is 270 g/mol. The smallest absolute Gasteiger partial charge is 0.357 e. The molecule has 0 amide bonds. The number of hydrogen-bond acceptors (Lipinski definition) is 5. The molecule has 0 fully saturated rings. The SMILES string of the molecule is CC(C)(C)OC(=O)c1ccc(C(=O)ON)c2ccccc12. The van der Waals surface area contributed by atoms with Crippen molar-refractivity contribution in [1.29, 1.82) is 0 Å². The van der Waals surface area contributed by atoms with Crippen molar-refractivity contribution < 1.29 is 19.2 Å². The van der Waals surface area contributed by atoms with Crippen LogP contribution in [0.4, 0.5) is 0 Å². The van der Waals surface area contributed by atoms with Gasteiger partial charge in [0.25, 0.3) is 0 Å². The van der Waals surface area contributed by atoms with Crippen molar-refractivity contribution >= 4 is 22.7 Å². The summed E-state index contributed by atoms with van der Waals surface area (Å²) in [7, 11) is 0. The first-order valence-electron chi connectivity index (χ1n) is 6.49. The lowest BCUT2D eigenvalue weighted by Gasteiger charge is -2.20. The number of hydrogen-bond donors (Lipinski definition) is 1. The zero-order chi connectivity index (χ0) is 15.6. The van der Waals surface area contributed by atoms with E-state index in [-0.39, 0.29) is 0 Å². The van der Waals surface area contributed by atoms with Gasteiger partial charge in [0, 0.05) is 0 Å². The lowest BCUT2D eigenvalue weighted by atomic mass is 9.99. The molecule has 110 valence electrons. The molecule has 0 spiro atoms. The quantitative estimate of drug-likeness (QED) is 0.678. The van der Waals surface area contributed by atoms with Crippen molar-refractivity contribution in [2.75, 3.05) is 0 Å². The largest absolute Gasteiger partial charge is 0.456 e. The lowest BCUT2D eigenvalue weighted by molar-refractivity contribution is 0.00714. The van der Waals surface area contributed by atoms with Gasteiger partial charge in [0.15, 0.2) is 0 Å². The molecule has 0 aliphatic heterocycles. The molecule has 0 unspecified atom stereocenters. The van der Waals surface area contributed by atoms with Crippen LogP contribution in [0.3, 0.4) is 0 Å². The van der Waals surface area contributed by atoms with Crippen molar-refractivity contribution in [1.82, 2.24) is 0 Å². The van der Waals surface area contributed by atoms with Gasteiger partial charge in [-0.2, -0.15) is 5.90 Å². The van der Waals surface area contributed by atoms with Gasteiger partial charge in [-0.15, -0.1) is 0 Å². The van der Waals surface area contributed by atoms with Crippen molar-refractivity contribution in [3.8, 4) is 0 Å². The first-order chi connectivity index (χ1) is 9.83. The molecule has 5 nitrogen and oxygen atoms in total. The molecule has 0 saturated carbocycles. The standard InChI is InChI=1S/C16H17NO4/c1-16(2,3)20-14(18)12-8-9-13(15(19)21-17)11-7-5-4-6-10(11)12/h4-9H,17H2,1-3H3. The predicted octanol–water partition coefficient (Wildman–Crippen LogP) is 2.83. The molecule has 0 bridgehead atoms. The van der Waals surface area contributed by atoms with Gasteiger partial charge in [0.1, 0.15) is 5.60 Å². The van der Waals surface area contributed by atoms with Gasteiger partial charge in [0.05, 0.1) is 11.1 Å². The van der Waals surface area contributed by atoms with E-state index in [0.29, 0.717) is 21.9 Å². The van der Waals surface area contributed by atoms with Gasteiger partial charge in [-0.05, 0) is 43.7 Å². The minimum Gasteiger partial charge on any atom is -0.456 e. The molecule has 0 radical (unpaired) electrons. The first kappa shape index (κ1) is 15.0. The summed E-state index contributed by atoms with van der Waals surface area (Å²) in [5.74, 6) is 3.85. The van der Waals surface area contributed by atoms with Crippen molar-refractivity contribution in [2.24, 2.45) is 5.90 Å². The zero-order valence-electron chi connectivity index (χ0n) is 12.2. The number of carbonyl (C=O) groups is 2. The number of carbonyl (C=O) groups excluding carboxylic acids is 2. The van der Waals surface area contributed by atoms with Gasteiger partial charge in [-0.3, -0.25) is 0 Å². The van der Waals surface area contributed by atoms with E-state index in [1.165, 1.54) is 6.07 Å². The van der Waals surface area contributed by atoms with Crippen molar-refractivity contribution in [3.63, 3.8) is 0 Å². The van der Waals surface area contributed by atoms with E-state index in [1.54, 1.807) is 51.1 Å². The monoisotopic (exact) mass is 287 g/mol. The van der Waals surface area contributed by atoms with E-state index < -0.39 is 17.5 Å². The fourth-order valence-electron chi connectivity index (χ4n) is 2.05. The van der Waals surface area contributed by atoms with Crippen LogP contribution in [0, 0.1) is 0 Å². The first-order valence-corrected chi connectivity index (χ1v) is 6.49. The van der Waals surface area contributed by atoms with Crippen LogP contribution in [0.15, 0.2) is 36.4 Å². The average molecular weight is 287 g/mol. The Kier molecular flexibility index (Phi) is 3.95. The van der Waals surface area contributed by atoms with E-state index in [1.807, 2.05) is 0 Å². The minimum absolute atomic E-state index is 0.306. The van der Waals surface area contributed by atoms with Crippen LogP contribution in [0.1, 0.15) is 41.5 Å². The number of fused-ring (bicyclic) bond motifs is 1. The summed E-state index contributed by atoms with van der Waals surface area (Å²) in [6.45, 7) is 5.40. The van der Waals surface area contributed by atoms with E-state index in [2.05, 4.69) is 4.84 Å². The Morgan fingerprint density at radius 3 is 1.81 bits per heavy atom. The van der Waals surface area contributed by atoms with Crippen LogP contribution in [0.25, 0.3) is 10.8 Å². The number of rotatable bonds is 2. The Labute approximate surface area is 122 Å². The molecule has 21 heavy (non-hydrogen) atoms. The van der Waals surface area contributed by atoms with E-state index in [0.717, 1.165) is 0 Å². The van der Waals surface area contributed by atoms with Crippen LogP contribution in [0.5, 0.6) is 0 Å². The maximum atomic E-state index is 12.3. The molecule has 2 rings (SSSR count). The highest BCUT2D eigenvalue weighted by atomic mass is 16.7. The van der Waals surface area contributed by atoms with Crippen LogP contribution in [-0.4, -0.2) is 17.5 Å². The number of ether oxygens (including phenoxy) is 1. The highest BCUT2D eigenvalue weighted by Gasteiger charge is 2.21. The summed E-state index contributed by atoms with van der Waals surface area (Å²) in [6.07, 6.45) is 0. The average Bonchev–Trinajstić information content (AvgIpc) is 2.43. The Bertz CT molecular complexity index is 701. The van der Waals surface area contributed by atoms with Gasteiger partial charge < -0.3 is 9.57 Å². The van der Waals surface area contributed by atoms with Gasteiger partial charge in [-0.25, -0.2) is 9.59 Å². The second kappa shape index (κ2) is 5.54. The third-order valence-electron chi connectivity index (χ3n) is 2.87. The van der Waals surface area contributed by atoms with Crippen LogP contribution in [-0.2, 0) is 9.57 Å². The highest BCUT2D eigenvalue weighted by Crippen LogP contribution is 2.25. The normalized spacial score (nSPS) is 11.2. The van der Waals surface area contributed by atoms with Crippen LogP contribution < -0.4 is 5.90 Å². The van der Waals surface area contributed by atoms with Gasteiger partial charge in [-0.1, -0.05) is 24.3 Å².